The van der Waals surface area contributed by atoms with Crippen LogP contribution in [-0.2, 0) is 10.4 Å². The van der Waals surface area contributed by atoms with Gasteiger partial charge in [-0.3, -0.25) is 24.1 Å². The number of hydrogen-bond donors (Lipinski definition) is 5. The van der Waals surface area contributed by atoms with Crippen molar-refractivity contribution in [3.8, 4) is 0 Å². The molecule has 3 fully saturated rings. The molecule has 4 aliphatic rings. The summed E-state index contributed by atoms with van der Waals surface area (Å²) < 4.78 is 27.4. The first-order valence-corrected chi connectivity index (χ1v) is 21.7. The summed E-state index contributed by atoms with van der Waals surface area (Å²) in [7, 11) is 0. The van der Waals surface area contributed by atoms with E-state index >= 15 is 0 Å². The molecule has 5 N–H and O–H groups in total. The highest BCUT2D eigenvalue weighted by atomic mass is 32.1. The highest BCUT2D eigenvalue weighted by Crippen LogP contribution is 2.42. The van der Waals surface area contributed by atoms with E-state index in [4.69, 9.17) is 4.98 Å². The Labute approximate surface area is 351 Å². The number of likely N-dealkylation sites (tertiary alicyclic amines) is 1. The summed E-state index contributed by atoms with van der Waals surface area (Å²) in [5.74, 6) is -0.636. The van der Waals surface area contributed by atoms with Gasteiger partial charge in [-0.05, 0) is 133 Å². The molecule has 8 rings (SSSR count). The number of thiazole rings is 1. The second-order valence-corrected chi connectivity index (χ2v) is 18.2. The average Bonchev–Trinajstić information content (AvgIpc) is 3.75. The van der Waals surface area contributed by atoms with Gasteiger partial charge in [0.25, 0.3) is 24.1 Å². The molecular formula is C44H51F2N7O6S. The Hall–Kier alpha value is -4.90. The molecule has 4 aromatic rings. The number of nitrogens with one attached hydrogen (secondary N) is 3. The minimum atomic E-state index is -2.80. The van der Waals surface area contributed by atoms with Crippen molar-refractivity contribution >= 4 is 56.6 Å². The third-order valence-corrected chi connectivity index (χ3v) is 13.7. The van der Waals surface area contributed by atoms with Crippen molar-refractivity contribution in [3.63, 3.8) is 0 Å². The Morgan fingerprint density at radius 1 is 0.933 bits per heavy atom. The fraction of sp³-hybridized carbons (Fsp3) is 0.500. The normalized spacial score (nSPS) is 23.0. The van der Waals surface area contributed by atoms with Crippen molar-refractivity contribution in [2.24, 2.45) is 11.8 Å². The van der Waals surface area contributed by atoms with Crippen molar-refractivity contribution in [2.75, 3.05) is 36.8 Å². The van der Waals surface area contributed by atoms with Crippen LogP contribution in [0.15, 0.2) is 48.5 Å². The number of aliphatic hydroxyl groups excluding tert-OH is 1. The maximum absolute atomic E-state index is 13.5. The number of rotatable bonds is 12. The number of anilines is 2. The van der Waals surface area contributed by atoms with E-state index in [-0.39, 0.29) is 18.5 Å². The first-order chi connectivity index (χ1) is 28.7. The van der Waals surface area contributed by atoms with E-state index < -0.39 is 53.6 Å². The van der Waals surface area contributed by atoms with Crippen molar-refractivity contribution in [2.45, 2.75) is 102 Å². The monoisotopic (exact) mass is 843 g/mol. The fourth-order valence-electron chi connectivity index (χ4n) is 9.25. The van der Waals surface area contributed by atoms with Crippen LogP contribution in [0.2, 0.25) is 0 Å². The molecular weight excluding hydrogens is 793 g/mol. The van der Waals surface area contributed by atoms with Crippen LogP contribution in [0.4, 0.5) is 20.2 Å². The second-order valence-electron chi connectivity index (χ2n) is 17.2. The number of amides is 4. The largest absolute Gasteiger partial charge is 0.386 e. The summed E-state index contributed by atoms with van der Waals surface area (Å²) in [5.41, 5.74) is 0.901. The molecule has 60 heavy (non-hydrogen) atoms. The van der Waals surface area contributed by atoms with E-state index in [1.165, 1.54) is 18.2 Å². The van der Waals surface area contributed by atoms with Crippen molar-refractivity contribution in [1.82, 2.24) is 25.1 Å². The van der Waals surface area contributed by atoms with E-state index in [9.17, 15) is 38.2 Å². The van der Waals surface area contributed by atoms with Gasteiger partial charge in [-0.2, -0.15) is 0 Å². The van der Waals surface area contributed by atoms with Crippen LogP contribution in [0, 0.1) is 11.8 Å². The molecule has 13 nitrogen and oxygen atoms in total. The summed E-state index contributed by atoms with van der Waals surface area (Å²) >= 11 is 1.59. The lowest BCUT2D eigenvalue weighted by Gasteiger charge is -2.36. The molecule has 2 aromatic heterocycles. The van der Waals surface area contributed by atoms with Crippen LogP contribution in [-0.4, -0.2) is 92.1 Å². The standard InChI is InChI=1S/C44H51F2N7O6S/c1-44(2,59)28-21-33-35(22-32(28)49-39(55)31-8-4-7-30(48-31)38(45)46)60-41(50-33)26-11-9-25(10-12-26)23-52-19-16-24(17-20-52)15-18-47-29-6-3-5-27-37(29)43(58)53(42(27)57)34-13-14-36(54)51-40(34)56/h3-8,21-22,24-26,34,36,38,47,54,59H,9-20,23H2,1-2H3,(H,49,55)(H,51,56)/t25-,26-,34?,36?. The van der Waals surface area contributed by atoms with Crippen LogP contribution >= 0.6 is 11.3 Å². The van der Waals surface area contributed by atoms with Crippen LogP contribution in [0.25, 0.3) is 10.2 Å². The molecule has 318 valence electrons. The van der Waals surface area contributed by atoms with E-state index in [2.05, 4.69) is 25.8 Å². The van der Waals surface area contributed by atoms with Gasteiger partial charge in [-0.15, -0.1) is 11.3 Å². The number of fused-ring (bicyclic) bond motifs is 2. The topological polar surface area (TPSA) is 177 Å². The van der Waals surface area contributed by atoms with Gasteiger partial charge in [-0.25, -0.2) is 18.7 Å². The number of piperidine rings is 2. The number of imide groups is 1. The SMILES string of the molecule is CC(C)(O)c1cc2nc([C@H]3CC[C@H](CN4CCC(CCNc5cccc6c5C(=O)N(C5CCC(O)NC5=O)C6=O)CC4)CC3)sc2cc1NC(=O)c1cccc(C(F)F)n1. The van der Waals surface area contributed by atoms with Gasteiger partial charge >= 0.3 is 0 Å². The number of alkyl halides is 2. The first-order valence-electron chi connectivity index (χ1n) is 20.9. The molecule has 2 aromatic carbocycles. The van der Waals surface area contributed by atoms with Gasteiger partial charge < -0.3 is 31.1 Å². The van der Waals surface area contributed by atoms with E-state index in [1.54, 1.807) is 49.4 Å². The van der Waals surface area contributed by atoms with Crippen LogP contribution in [0.5, 0.6) is 0 Å². The molecule has 2 atom stereocenters. The Morgan fingerprint density at radius 2 is 1.68 bits per heavy atom. The molecule has 0 spiro atoms. The maximum Gasteiger partial charge on any atom is 0.280 e. The molecule has 2 unspecified atom stereocenters. The Morgan fingerprint density at radius 3 is 2.40 bits per heavy atom. The lowest BCUT2D eigenvalue weighted by Crippen LogP contribution is -2.55. The number of halogens is 2. The molecule has 16 heteroatoms. The predicted molar refractivity (Wildman–Crippen MR) is 223 cm³/mol. The number of aromatic nitrogens is 2. The van der Waals surface area contributed by atoms with E-state index in [0.29, 0.717) is 52.4 Å². The summed E-state index contributed by atoms with van der Waals surface area (Å²) in [4.78, 5) is 64.8. The Balaban J connectivity index is 0.808. The quantitative estimate of drug-likeness (QED) is 0.0955. The molecule has 5 heterocycles. The second kappa shape index (κ2) is 17.2. The fourth-order valence-corrected chi connectivity index (χ4v) is 10.4. The average molecular weight is 844 g/mol. The summed E-state index contributed by atoms with van der Waals surface area (Å²) in [6.45, 7) is 7.08. The third-order valence-electron chi connectivity index (χ3n) is 12.5. The molecule has 3 aliphatic heterocycles. The van der Waals surface area contributed by atoms with Crippen LogP contribution in [0.3, 0.4) is 0 Å². The summed E-state index contributed by atoms with van der Waals surface area (Å²) in [5, 5.41) is 30.5. The number of carbonyl (C=O) groups is 4. The van der Waals surface area contributed by atoms with Crippen LogP contribution in [0.1, 0.15) is 131 Å². The van der Waals surface area contributed by atoms with Gasteiger partial charge in [0.1, 0.15) is 23.7 Å². The highest BCUT2D eigenvalue weighted by molar-refractivity contribution is 7.18. The number of hydrogen-bond acceptors (Lipinski definition) is 11. The smallest absolute Gasteiger partial charge is 0.280 e. The zero-order valence-electron chi connectivity index (χ0n) is 33.8. The molecule has 1 aliphatic carbocycles. The predicted octanol–water partition coefficient (Wildman–Crippen LogP) is 6.79. The molecule has 4 amide bonds. The Kier molecular flexibility index (Phi) is 12.0. The van der Waals surface area contributed by atoms with Crippen molar-refractivity contribution in [3.05, 3.63) is 81.6 Å². The highest BCUT2D eigenvalue weighted by Gasteiger charge is 2.45. The molecule has 1 saturated carbocycles. The van der Waals surface area contributed by atoms with Crippen molar-refractivity contribution < 1.29 is 38.2 Å². The Bertz CT molecular complexity index is 2280. The number of carbonyl (C=O) groups excluding carboxylic acids is 4. The zero-order valence-corrected chi connectivity index (χ0v) is 34.6. The van der Waals surface area contributed by atoms with Gasteiger partial charge in [0, 0.05) is 35.9 Å². The van der Waals surface area contributed by atoms with Gasteiger partial charge in [-0.1, -0.05) is 12.1 Å². The lowest BCUT2D eigenvalue weighted by molar-refractivity contribution is -0.131. The number of nitrogens with zero attached hydrogens (tertiary/aromatic N) is 4. The lowest BCUT2D eigenvalue weighted by atomic mass is 9.81. The van der Waals surface area contributed by atoms with Gasteiger partial charge in [0.05, 0.1) is 32.0 Å². The minimum Gasteiger partial charge on any atom is -0.386 e. The van der Waals surface area contributed by atoms with Crippen molar-refractivity contribution in [1.29, 1.82) is 0 Å². The van der Waals surface area contributed by atoms with Crippen LogP contribution < -0.4 is 16.0 Å². The van der Waals surface area contributed by atoms with Gasteiger partial charge in [0.2, 0.25) is 5.91 Å². The molecule has 2 saturated heterocycles. The number of pyridine rings is 1. The van der Waals surface area contributed by atoms with Gasteiger partial charge in [0.15, 0.2) is 0 Å². The number of aliphatic hydroxyl groups is 2. The van der Waals surface area contributed by atoms with E-state index in [1.807, 2.05) is 6.07 Å². The van der Waals surface area contributed by atoms with E-state index in [0.717, 1.165) is 84.7 Å². The number of benzene rings is 2. The maximum atomic E-state index is 13.5. The third kappa shape index (κ3) is 8.78. The minimum absolute atomic E-state index is 0.134. The summed E-state index contributed by atoms with van der Waals surface area (Å²) in [6.07, 6.45) is 4.14. The zero-order chi connectivity index (χ0) is 42.3. The summed E-state index contributed by atoms with van der Waals surface area (Å²) in [6, 6.07) is 11.8. The molecule has 0 radical (unpaired) electrons. The molecule has 0 bridgehead atoms. The first kappa shape index (κ1) is 41.8.